The Bertz CT molecular complexity index is 812. The van der Waals surface area contributed by atoms with Gasteiger partial charge < -0.3 is 26.0 Å². The van der Waals surface area contributed by atoms with Crippen LogP contribution < -0.4 is 21.3 Å². The van der Waals surface area contributed by atoms with Crippen LogP contribution in [0.15, 0.2) is 18.2 Å². The van der Waals surface area contributed by atoms with Crippen molar-refractivity contribution in [1.82, 2.24) is 5.32 Å². The molecule has 0 aromatic heterocycles. The van der Waals surface area contributed by atoms with Crippen LogP contribution in [0.25, 0.3) is 0 Å². The lowest BCUT2D eigenvalue weighted by molar-refractivity contribution is -0.137. The summed E-state index contributed by atoms with van der Waals surface area (Å²) in [5.74, 6) is -3.64. The molecule has 12 heteroatoms. The summed E-state index contributed by atoms with van der Waals surface area (Å²) in [6, 6.07) is 1.03. The van der Waals surface area contributed by atoms with Crippen molar-refractivity contribution in [1.29, 1.82) is 0 Å². The summed E-state index contributed by atoms with van der Waals surface area (Å²) in [6.45, 7) is 0.727. The van der Waals surface area contributed by atoms with Gasteiger partial charge in [-0.3, -0.25) is 19.2 Å². The van der Waals surface area contributed by atoms with Crippen molar-refractivity contribution < 1.29 is 37.1 Å². The van der Waals surface area contributed by atoms with Crippen LogP contribution in [0.3, 0.4) is 0 Å². The van der Waals surface area contributed by atoms with Gasteiger partial charge in [-0.1, -0.05) is 0 Å². The summed E-state index contributed by atoms with van der Waals surface area (Å²) in [7, 11) is 0. The third-order valence-corrected chi connectivity index (χ3v) is 3.74. The monoisotopic (exact) mass is 402 g/mol. The van der Waals surface area contributed by atoms with E-state index in [0.717, 1.165) is 24.0 Å². The van der Waals surface area contributed by atoms with Crippen molar-refractivity contribution in [2.45, 2.75) is 19.1 Å². The number of anilines is 2. The van der Waals surface area contributed by atoms with Gasteiger partial charge in [0.25, 0.3) is 11.8 Å². The quantitative estimate of drug-likeness (QED) is 0.597. The molecular formula is C16H17F3N4O5. The van der Waals surface area contributed by atoms with Crippen LogP contribution in [0.2, 0.25) is 0 Å². The second-order valence-electron chi connectivity index (χ2n) is 5.85. The first-order valence-electron chi connectivity index (χ1n) is 7.97. The van der Waals surface area contributed by atoms with E-state index in [4.69, 9.17) is 10.5 Å². The van der Waals surface area contributed by atoms with Crippen molar-refractivity contribution in [2.24, 2.45) is 5.73 Å². The first-order valence-corrected chi connectivity index (χ1v) is 7.97. The molecule has 2 rings (SSSR count). The van der Waals surface area contributed by atoms with Gasteiger partial charge in [-0.15, -0.1) is 0 Å². The Morgan fingerprint density at radius 2 is 1.96 bits per heavy atom. The number of halogens is 3. The SMILES string of the molecule is CC(=O)N[C@H](C(N)=O)C(=O)Nc1ccc(N2CCOCC2=O)c(C(F)(F)F)c1. The van der Waals surface area contributed by atoms with E-state index >= 15 is 0 Å². The van der Waals surface area contributed by atoms with Gasteiger partial charge in [-0.25, -0.2) is 0 Å². The largest absolute Gasteiger partial charge is 0.418 e. The van der Waals surface area contributed by atoms with Gasteiger partial charge in [-0.2, -0.15) is 13.2 Å². The average molecular weight is 402 g/mol. The number of nitrogens with one attached hydrogen (secondary N) is 2. The highest BCUT2D eigenvalue weighted by Crippen LogP contribution is 2.38. The molecule has 1 aromatic rings. The highest BCUT2D eigenvalue weighted by atomic mass is 19.4. The van der Waals surface area contributed by atoms with Crippen LogP contribution in [0.4, 0.5) is 24.5 Å². The minimum Gasteiger partial charge on any atom is -0.370 e. The summed E-state index contributed by atoms with van der Waals surface area (Å²) < 4.78 is 45.4. The van der Waals surface area contributed by atoms with Crippen LogP contribution in [0, 0.1) is 0 Å². The van der Waals surface area contributed by atoms with Crippen LogP contribution in [0.5, 0.6) is 0 Å². The molecule has 1 aliphatic heterocycles. The number of nitrogens with two attached hydrogens (primary N) is 1. The molecule has 1 fully saturated rings. The lowest BCUT2D eigenvalue weighted by Crippen LogP contribution is -2.51. The maximum Gasteiger partial charge on any atom is 0.418 e. The van der Waals surface area contributed by atoms with Crippen LogP contribution in [-0.4, -0.2) is 49.4 Å². The number of ether oxygens (including phenoxy) is 1. The number of primary amides is 1. The Morgan fingerprint density at radius 3 is 2.50 bits per heavy atom. The third-order valence-electron chi connectivity index (χ3n) is 3.74. The molecule has 9 nitrogen and oxygen atoms in total. The number of benzene rings is 1. The Kier molecular flexibility index (Phi) is 6.23. The number of hydrogen-bond acceptors (Lipinski definition) is 5. The zero-order chi connectivity index (χ0) is 21.1. The highest BCUT2D eigenvalue weighted by Gasteiger charge is 2.37. The minimum absolute atomic E-state index is 0.0557. The fourth-order valence-corrected chi connectivity index (χ4v) is 2.53. The molecule has 0 bridgehead atoms. The number of nitrogens with zero attached hydrogens (tertiary/aromatic N) is 1. The lowest BCUT2D eigenvalue weighted by Gasteiger charge is -2.29. The number of morpholine rings is 1. The number of amides is 4. The Labute approximate surface area is 157 Å². The Hall–Kier alpha value is -3.15. The fourth-order valence-electron chi connectivity index (χ4n) is 2.53. The summed E-state index contributed by atoms with van der Waals surface area (Å²) >= 11 is 0. The molecule has 1 aromatic carbocycles. The molecule has 152 valence electrons. The molecule has 1 heterocycles. The van der Waals surface area contributed by atoms with Crippen molar-refractivity contribution >= 4 is 35.0 Å². The van der Waals surface area contributed by atoms with Crippen molar-refractivity contribution in [3.8, 4) is 0 Å². The number of carbonyl (C=O) groups is 4. The molecule has 4 amide bonds. The first kappa shape index (κ1) is 21.2. The molecule has 1 aliphatic rings. The molecule has 0 saturated carbocycles. The lowest BCUT2D eigenvalue weighted by atomic mass is 10.1. The minimum atomic E-state index is -4.82. The summed E-state index contributed by atoms with van der Waals surface area (Å²) in [5, 5.41) is 4.10. The van der Waals surface area contributed by atoms with Crippen LogP contribution >= 0.6 is 0 Å². The van der Waals surface area contributed by atoms with E-state index in [1.165, 1.54) is 0 Å². The Balaban J connectivity index is 2.34. The average Bonchev–Trinajstić information content (AvgIpc) is 2.59. The number of carbonyl (C=O) groups excluding carboxylic acids is 4. The van der Waals surface area contributed by atoms with Gasteiger partial charge in [0.2, 0.25) is 11.8 Å². The fraction of sp³-hybridized carbons (Fsp3) is 0.375. The van der Waals surface area contributed by atoms with E-state index in [0.29, 0.717) is 6.07 Å². The standard InChI is InChI=1S/C16H17F3N4O5/c1-8(24)21-13(14(20)26)15(27)22-9-2-3-11(10(6-9)16(17,18)19)23-4-5-28-7-12(23)25/h2-3,6,13H,4-5,7H2,1H3,(H2,20,26)(H,21,24)(H,22,27)/t13-/m1/s1. The predicted molar refractivity (Wildman–Crippen MR) is 90.0 cm³/mol. The zero-order valence-corrected chi connectivity index (χ0v) is 14.6. The van der Waals surface area contributed by atoms with E-state index in [2.05, 4.69) is 5.32 Å². The van der Waals surface area contributed by atoms with Gasteiger partial charge in [-0.05, 0) is 18.2 Å². The van der Waals surface area contributed by atoms with Gasteiger partial charge in [0.15, 0.2) is 6.04 Å². The molecule has 0 radical (unpaired) electrons. The molecule has 0 spiro atoms. The van der Waals surface area contributed by atoms with Gasteiger partial charge in [0, 0.05) is 19.2 Å². The van der Waals surface area contributed by atoms with Crippen LogP contribution in [0.1, 0.15) is 12.5 Å². The molecule has 1 atom stereocenters. The highest BCUT2D eigenvalue weighted by molar-refractivity contribution is 6.11. The third kappa shape index (κ3) is 4.97. The topological polar surface area (TPSA) is 131 Å². The van der Waals surface area contributed by atoms with E-state index < -0.39 is 41.4 Å². The van der Waals surface area contributed by atoms with Gasteiger partial charge in [0.1, 0.15) is 6.61 Å². The molecule has 28 heavy (non-hydrogen) atoms. The zero-order valence-electron chi connectivity index (χ0n) is 14.6. The van der Waals surface area contributed by atoms with E-state index in [9.17, 15) is 32.3 Å². The van der Waals surface area contributed by atoms with Gasteiger partial charge >= 0.3 is 6.18 Å². The number of rotatable bonds is 5. The predicted octanol–water partition coefficient (Wildman–Crippen LogP) is -0.00290. The van der Waals surface area contributed by atoms with Crippen molar-refractivity contribution in [3.63, 3.8) is 0 Å². The molecule has 0 aliphatic carbocycles. The van der Waals surface area contributed by atoms with Crippen molar-refractivity contribution in [3.05, 3.63) is 23.8 Å². The Morgan fingerprint density at radius 1 is 1.29 bits per heavy atom. The summed E-state index contributed by atoms with van der Waals surface area (Å²) in [6.07, 6.45) is -4.82. The number of alkyl halides is 3. The van der Waals surface area contributed by atoms with E-state index in [1.807, 2.05) is 5.32 Å². The number of hydrogen-bond donors (Lipinski definition) is 3. The van der Waals surface area contributed by atoms with E-state index in [-0.39, 0.29) is 31.1 Å². The molecule has 1 saturated heterocycles. The maximum absolute atomic E-state index is 13.5. The second kappa shape index (κ2) is 8.25. The van der Waals surface area contributed by atoms with Crippen LogP contribution in [-0.2, 0) is 30.1 Å². The normalized spacial score (nSPS) is 15.7. The van der Waals surface area contributed by atoms with Gasteiger partial charge in [0.05, 0.1) is 17.9 Å². The van der Waals surface area contributed by atoms with E-state index in [1.54, 1.807) is 0 Å². The molecule has 0 unspecified atom stereocenters. The summed E-state index contributed by atoms with van der Waals surface area (Å²) in [5.41, 5.74) is 3.19. The summed E-state index contributed by atoms with van der Waals surface area (Å²) in [4.78, 5) is 47.3. The molecular weight excluding hydrogens is 385 g/mol. The van der Waals surface area contributed by atoms with Crippen molar-refractivity contribution in [2.75, 3.05) is 30.0 Å². The smallest absolute Gasteiger partial charge is 0.370 e. The maximum atomic E-state index is 13.5. The second-order valence-corrected chi connectivity index (χ2v) is 5.85. The molecule has 4 N–H and O–H groups in total. The first-order chi connectivity index (χ1) is 13.0.